The molecule has 0 radical (unpaired) electrons. The molecule has 0 saturated carbocycles. The lowest BCUT2D eigenvalue weighted by atomic mass is 10.1. The molecule has 2 aromatic heterocycles. The quantitative estimate of drug-likeness (QED) is 0.566. The van der Waals surface area contributed by atoms with Gasteiger partial charge in [0.05, 0.1) is 50.9 Å². The molecule has 154 valence electrons. The lowest BCUT2D eigenvalue weighted by molar-refractivity contribution is 0.0780. The van der Waals surface area contributed by atoms with E-state index in [9.17, 15) is 4.79 Å². The van der Waals surface area contributed by atoms with Gasteiger partial charge in [-0.2, -0.15) is 0 Å². The third kappa shape index (κ3) is 4.47. The number of methoxy groups -OCH3 is 4. The average Bonchev–Trinajstić information content (AvgIpc) is 3.17. The number of hydrogen-bond acceptors (Lipinski definition) is 7. The van der Waals surface area contributed by atoms with Gasteiger partial charge < -0.3 is 29.2 Å². The summed E-state index contributed by atoms with van der Waals surface area (Å²) in [4.78, 5) is 24.8. The zero-order valence-corrected chi connectivity index (χ0v) is 16.8. The van der Waals surface area contributed by atoms with E-state index in [0.29, 0.717) is 47.1 Å². The van der Waals surface area contributed by atoms with Crippen LogP contribution < -0.4 is 14.8 Å². The molecule has 0 unspecified atom stereocenters. The van der Waals surface area contributed by atoms with Crippen molar-refractivity contribution in [2.45, 2.75) is 6.04 Å². The zero-order valence-electron chi connectivity index (χ0n) is 16.8. The van der Waals surface area contributed by atoms with E-state index < -0.39 is 0 Å². The van der Waals surface area contributed by atoms with Crippen LogP contribution in [-0.4, -0.2) is 68.6 Å². The van der Waals surface area contributed by atoms with Crippen molar-refractivity contribution in [2.24, 2.45) is 0 Å². The first-order chi connectivity index (χ1) is 14.1. The maximum Gasteiger partial charge on any atom is 0.255 e. The Hall–Kier alpha value is -3.17. The lowest BCUT2D eigenvalue weighted by Gasteiger charge is -2.16. The minimum absolute atomic E-state index is 0.274. The number of carbonyl (C=O) groups is 1. The first-order valence-corrected chi connectivity index (χ1v) is 8.96. The smallest absolute Gasteiger partial charge is 0.255 e. The fourth-order valence-electron chi connectivity index (χ4n) is 3.00. The van der Waals surface area contributed by atoms with Crippen molar-refractivity contribution in [2.75, 3.05) is 41.7 Å². The van der Waals surface area contributed by atoms with Crippen molar-refractivity contribution in [3.05, 3.63) is 36.2 Å². The van der Waals surface area contributed by atoms with E-state index in [0.717, 1.165) is 5.56 Å². The van der Waals surface area contributed by atoms with Gasteiger partial charge in [-0.15, -0.1) is 0 Å². The second kappa shape index (κ2) is 9.35. The summed E-state index contributed by atoms with van der Waals surface area (Å²) in [6.45, 7) is 0.676. The highest BCUT2D eigenvalue weighted by atomic mass is 16.5. The van der Waals surface area contributed by atoms with E-state index in [-0.39, 0.29) is 11.9 Å². The minimum atomic E-state index is -0.283. The monoisotopic (exact) mass is 400 g/mol. The molecule has 3 rings (SSSR count). The molecule has 0 aliphatic rings. The van der Waals surface area contributed by atoms with Crippen molar-refractivity contribution < 1.29 is 23.7 Å². The van der Waals surface area contributed by atoms with Crippen molar-refractivity contribution in [3.63, 3.8) is 0 Å². The fraction of sp³-hybridized carbons (Fsp3) is 0.350. The first-order valence-electron chi connectivity index (χ1n) is 8.96. The molecule has 0 aliphatic heterocycles. The number of rotatable bonds is 9. The number of nitrogens with one attached hydrogen (secondary N) is 2. The molecule has 0 atom stereocenters. The molecule has 0 aliphatic carbocycles. The summed E-state index contributed by atoms with van der Waals surface area (Å²) >= 11 is 0. The van der Waals surface area contributed by atoms with Crippen LogP contribution in [0.4, 0.5) is 0 Å². The number of aromatic amines is 1. The number of hydrogen-bond donors (Lipinski definition) is 2. The second-order valence-corrected chi connectivity index (χ2v) is 6.31. The number of nitrogens with zero attached hydrogens (tertiary/aromatic N) is 2. The Morgan fingerprint density at radius 3 is 2.48 bits per heavy atom. The molecule has 0 saturated heterocycles. The van der Waals surface area contributed by atoms with E-state index in [4.69, 9.17) is 18.9 Å². The van der Waals surface area contributed by atoms with Gasteiger partial charge >= 0.3 is 0 Å². The van der Waals surface area contributed by atoms with Gasteiger partial charge in [0.15, 0.2) is 17.1 Å². The zero-order chi connectivity index (χ0) is 20.8. The molecule has 0 fully saturated rings. The molecule has 0 bridgehead atoms. The third-order valence-electron chi connectivity index (χ3n) is 4.38. The van der Waals surface area contributed by atoms with Gasteiger partial charge in [-0.05, 0) is 18.2 Å². The van der Waals surface area contributed by atoms with Crippen LogP contribution >= 0.6 is 0 Å². The van der Waals surface area contributed by atoms with Gasteiger partial charge in [-0.1, -0.05) is 0 Å². The number of aromatic nitrogens is 3. The molecule has 2 N–H and O–H groups in total. The van der Waals surface area contributed by atoms with Crippen LogP contribution in [0.15, 0.2) is 30.6 Å². The van der Waals surface area contributed by atoms with Crippen molar-refractivity contribution in [1.29, 1.82) is 0 Å². The molecule has 29 heavy (non-hydrogen) atoms. The lowest BCUT2D eigenvalue weighted by Crippen LogP contribution is -2.41. The van der Waals surface area contributed by atoms with Crippen LogP contribution in [0.3, 0.4) is 0 Å². The Bertz CT molecular complexity index is 982. The molecular weight excluding hydrogens is 376 g/mol. The summed E-state index contributed by atoms with van der Waals surface area (Å²) in [6, 6.07) is 5.19. The van der Waals surface area contributed by atoms with Gasteiger partial charge in [0.2, 0.25) is 0 Å². The summed E-state index contributed by atoms with van der Waals surface area (Å²) in [5, 5.41) is 2.89. The predicted molar refractivity (Wildman–Crippen MR) is 107 cm³/mol. The average molecular weight is 400 g/mol. The third-order valence-corrected chi connectivity index (χ3v) is 4.38. The fourth-order valence-corrected chi connectivity index (χ4v) is 3.00. The molecule has 0 spiro atoms. The largest absolute Gasteiger partial charge is 0.493 e. The maximum absolute atomic E-state index is 12.8. The van der Waals surface area contributed by atoms with E-state index in [2.05, 4.69) is 20.3 Å². The highest BCUT2D eigenvalue weighted by Gasteiger charge is 2.19. The van der Waals surface area contributed by atoms with E-state index >= 15 is 0 Å². The SMILES string of the molecule is COCC(COC)NC(=O)c1c[nH]c2ncc(-c3ccc(OC)c(OC)c3)nc12. The Morgan fingerprint density at radius 2 is 1.83 bits per heavy atom. The maximum atomic E-state index is 12.8. The van der Waals surface area contributed by atoms with Gasteiger partial charge in [0.1, 0.15) is 5.52 Å². The highest BCUT2D eigenvalue weighted by molar-refractivity contribution is 6.04. The molecule has 2 heterocycles. The van der Waals surface area contributed by atoms with Crippen LogP contribution in [-0.2, 0) is 9.47 Å². The van der Waals surface area contributed by atoms with E-state index in [1.807, 2.05) is 12.1 Å². The van der Waals surface area contributed by atoms with Crippen LogP contribution in [0.1, 0.15) is 10.4 Å². The topological polar surface area (TPSA) is 108 Å². The number of amides is 1. The summed E-state index contributed by atoms with van der Waals surface area (Å²) in [5.74, 6) is 0.921. The number of fused-ring (bicyclic) bond motifs is 1. The molecule has 9 heteroatoms. The number of ether oxygens (including phenoxy) is 4. The highest BCUT2D eigenvalue weighted by Crippen LogP contribution is 2.32. The van der Waals surface area contributed by atoms with Crippen molar-refractivity contribution in [3.8, 4) is 22.8 Å². The molecule has 1 aromatic carbocycles. The standard InChI is InChI=1S/C20H24N4O5/c1-26-10-13(11-27-2)23-20(25)14-8-21-19-18(14)24-15(9-22-19)12-5-6-16(28-3)17(7-12)29-4/h5-9,13H,10-11H2,1-4H3,(H,21,22)(H,23,25). The van der Waals surface area contributed by atoms with Crippen LogP contribution in [0, 0.1) is 0 Å². The normalized spacial score (nSPS) is 11.1. The van der Waals surface area contributed by atoms with Crippen molar-refractivity contribution in [1.82, 2.24) is 20.3 Å². The molecular formula is C20H24N4O5. The molecule has 1 amide bonds. The molecule has 3 aromatic rings. The number of H-pyrrole nitrogens is 1. The Labute approximate surface area is 168 Å². The predicted octanol–water partition coefficient (Wildman–Crippen LogP) is 2.03. The Morgan fingerprint density at radius 1 is 1.10 bits per heavy atom. The van der Waals surface area contributed by atoms with E-state index in [1.54, 1.807) is 46.9 Å². The molecule has 9 nitrogen and oxygen atoms in total. The second-order valence-electron chi connectivity index (χ2n) is 6.31. The van der Waals surface area contributed by atoms with Crippen LogP contribution in [0.5, 0.6) is 11.5 Å². The van der Waals surface area contributed by atoms with E-state index in [1.165, 1.54) is 0 Å². The summed E-state index contributed by atoms with van der Waals surface area (Å²) < 4.78 is 20.9. The summed E-state index contributed by atoms with van der Waals surface area (Å²) in [6.07, 6.45) is 3.23. The van der Waals surface area contributed by atoms with Gasteiger partial charge in [-0.25, -0.2) is 9.97 Å². The number of carbonyl (C=O) groups excluding carboxylic acids is 1. The van der Waals surface area contributed by atoms with Gasteiger partial charge in [0, 0.05) is 26.0 Å². The van der Waals surface area contributed by atoms with Crippen molar-refractivity contribution >= 4 is 17.1 Å². The minimum Gasteiger partial charge on any atom is -0.493 e. The van der Waals surface area contributed by atoms with Gasteiger partial charge in [0.25, 0.3) is 5.91 Å². The van der Waals surface area contributed by atoms with Crippen LogP contribution in [0.25, 0.3) is 22.4 Å². The summed E-state index contributed by atoms with van der Waals surface area (Å²) in [5.41, 5.74) is 2.79. The van der Waals surface area contributed by atoms with Crippen LogP contribution in [0.2, 0.25) is 0 Å². The van der Waals surface area contributed by atoms with Gasteiger partial charge in [-0.3, -0.25) is 4.79 Å². The Balaban J connectivity index is 1.93. The first kappa shape index (κ1) is 20.6. The Kier molecular flexibility index (Phi) is 6.63. The summed E-state index contributed by atoms with van der Waals surface area (Å²) in [7, 11) is 6.29. The number of benzene rings is 1.